The fourth-order valence-corrected chi connectivity index (χ4v) is 2.75. The molecule has 0 atom stereocenters. The summed E-state index contributed by atoms with van der Waals surface area (Å²) in [6.07, 6.45) is 2.09. The number of methoxy groups -OCH3 is 1. The van der Waals surface area contributed by atoms with Crippen molar-refractivity contribution in [1.82, 2.24) is 4.98 Å². The molecule has 2 nitrogen and oxygen atoms in total. The Kier molecular flexibility index (Phi) is 4.45. The van der Waals surface area contributed by atoms with Crippen LogP contribution in [0.15, 0.2) is 71.6 Å². The Morgan fingerprint density at radius 1 is 0.818 bits per heavy atom. The normalized spacial score (nSPS) is 10.5. The molecular formula is C19H17NOS. The van der Waals surface area contributed by atoms with E-state index in [1.54, 1.807) is 18.9 Å². The number of pyridine rings is 1. The summed E-state index contributed by atoms with van der Waals surface area (Å²) in [6, 6.07) is 22.5. The van der Waals surface area contributed by atoms with Gasteiger partial charge in [-0.25, -0.2) is 4.98 Å². The number of rotatable bonds is 4. The number of thioether (sulfide) groups is 1. The largest absolute Gasteiger partial charge is 0.497 e. The van der Waals surface area contributed by atoms with Crippen molar-refractivity contribution in [2.45, 2.75) is 4.90 Å². The molecule has 0 aliphatic carbocycles. The average molecular weight is 307 g/mol. The summed E-state index contributed by atoms with van der Waals surface area (Å²) in [5.74, 6) is 0.855. The second-order valence-corrected chi connectivity index (χ2v) is 5.75. The molecule has 3 heteroatoms. The predicted octanol–water partition coefficient (Wildman–Crippen LogP) is 5.15. The van der Waals surface area contributed by atoms with Crippen molar-refractivity contribution in [3.8, 4) is 28.3 Å². The molecule has 110 valence electrons. The highest BCUT2D eigenvalue weighted by Gasteiger charge is 2.07. The molecule has 0 fully saturated rings. The maximum absolute atomic E-state index is 5.22. The summed E-state index contributed by atoms with van der Waals surface area (Å²) in [5.41, 5.74) is 4.20. The molecular weight excluding hydrogens is 290 g/mol. The second-order valence-electron chi connectivity index (χ2n) is 4.87. The molecule has 1 aromatic heterocycles. The molecule has 3 aromatic rings. The first-order valence-corrected chi connectivity index (χ1v) is 8.28. The first kappa shape index (κ1) is 14.7. The van der Waals surface area contributed by atoms with Crippen molar-refractivity contribution in [1.29, 1.82) is 0 Å². The molecule has 22 heavy (non-hydrogen) atoms. The van der Waals surface area contributed by atoms with Crippen LogP contribution in [-0.2, 0) is 0 Å². The third-order valence-corrected chi connectivity index (χ3v) is 4.20. The zero-order chi connectivity index (χ0) is 15.4. The van der Waals surface area contributed by atoms with Crippen LogP contribution in [0.1, 0.15) is 0 Å². The van der Waals surface area contributed by atoms with Gasteiger partial charge in [-0.05, 0) is 42.7 Å². The zero-order valence-corrected chi connectivity index (χ0v) is 13.4. The SMILES string of the molecule is COc1ccc(-c2cc(SC)cc(-c3ccccc3)n2)cc1. The fraction of sp³-hybridized carbons (Fsp3) is 0.105. The molecule has 0 spiro atoms. The van der Waals surface area contributed by atoms with Crippen molar-refractivity contribution in [3.63, 3.8) is 0 Å². The molecule has 0 saturated carbocycles. The van der Waals surface area contributed by atoms with Crippen LogP contribution in [0.4, 0.5) is 0 Å². The van der Waals surface area contributed by atoms with E-state index in [4.69, 9.17) is 9.72 Å². The maximum atomic E-state index is 5.22. The molecule has 0 aliphatic rings. The lowest BCUT2D eigenvalue weighted by Crippen LogP contribution is -1.90. The first-order chi connectivity index (χ1) is 10.8. The van der Waals surface area contributed by atoms with Gasteiger partial charge in [-0.2, -0.15) is 0 Å². The Hall–Kier alpha value is -2.26. The number of benzene rings is 2. The molecule has 0 radical (unpaired) electrons. The van der Waals surface area contributed by atoms with E-state index in [1.807, 2.05) is 42.5 Å². The van der Waals surface area contributed by atoms with Gasteiger partial charge in [0.1, 0.15) is 5.75 Å². The summed E-state index contributed by atoms with van der Waals surface area (Å²) >= 11 is 1.73. The van der Waals surface area contributed by atoms with Crippen LogP contribution in [0.25, 0.3) is 22.5 Å². The summed E-state index contributed by atoms with van der Waals surface area (Å²) in [6.45, 7) is 0. The molecule has 0 saturated heterocycles. The van der Waals surface area contributed by atoms with Crippen LogP contribution in [0.5, 0.6) is 5.75 Å². The van der Waals surface area contributed by atoms with Gasteiger partial charge in [0.2, 0.25) is 0 Å². The van der Waals surface area contributed by atoms with E-state index < -0.39 is 0 Å². The van der Waals surface area contributed by atoms with Gasteiger partial charge < -0.3 is 4.74 Å². The molecule has 0 aliphatic heterocycles. The standard InChI is InChI=1S/C19H17NOS/c1-21-16-10-8-15(9-11-16)19-13-17(22-2)12-18(20-19)14-6-4-3-5-7-14/h3-13H,1-2H3. The molecule has 1 heterocycles. The van der Waals surface area contributed by atoms with E-state index in [-0.39, 0.29) is 0 Å². The van der Waals surface area contributed by atoms with Gasteiger partial charge in [0.15, 0.2) is 0 Å². The fourth-order valence-electron chi connectivity index (χ4n) is 2.29. The lowest BCUT2D eigenvalue weighted by atomic mass is 10.1. The topological polar surface area (TPSA) is 22.1 Å². The number of hydrogen-bond donors (Lipinski definition) is 0. The van der Waals surface area contributed by atoms with Crippen LogP contribution in [0.3, 0.4) is 0 Å². The lowest BCUT2D eigenvalue weighted by Gasteiger charge is -2.09. The maximum Gasteiger partial charge on any atom is 0.118 e. The number of nitrogens with zero attached hydrogens (tertiary/aromatic N) is 1. The van der Waals surface area contributed by atoms with Crippen LogP contribution in [-0.4, -0.2) is 18.3 Å². The van der Waals surface area contributed by atoms with Crippen molar-refractivity contribution in [3.05, 3.63) is 66.7 Å². The van der Waals surface area contributed by atoms with E-state index in [0.717, 1.165) is 28.3 Å². The Morgan fingerprint density at radius 2 is 1.41 bits per heavy atom. The minimum absolute atomic E-state index is 0.855. The van der Waals surface area contributed by atoms with Crippen molar-refractivity contribution < 1.29 is 4.74 Å². The van der Waals surface area contributed by atoms with E-state index in [9.17, 15) is 0 Å². The van der Waals surface area contributed by atoms with Gasteiger partial charge in [-0.3, -0.25) is 0 Å². The Balaban J connectivity index is 2.07. The van der Waals surface area contributed by atoms with Gasteiger partial charge in [-0.15, -0.1) is 11.8 Å². The quantitative estimate of drug-likeness (QED) is 0.623. The van der Waals surface area contributed by atoms with Crippen LogP contribution < -0.4 is 4.74 Å². The zero-order valence-electron chi connectivity index (χ0n) is 12.6. The lowest BCUT2D eigenvalue weighted by molar-refractivity contribution is 0.415. The Bertz CT molecular complexity index is 754. The minimum atomic E-state index is 0.855. The Morgan fingerprint density at radius 3 is 1.95 bits per heavy atom. The van der Waals surface area contributed by atoms with Crippen LogP contribution in [0.2, 0.25) is 0 Å². The van der Waals surface area contributed by atoms with Gasteiger partial charge in [-0.1, -0.05) is 30.3 Å². The van der Waals surface area contributed by atoms with Gasteiger partial charge >= 0.3 is 0 Å². The smallest absolute Gasteiger partial charge is 0.118 e. The first-order valence-electron chi connectivity index (χ1n) is 7.06. The van der Waals surface area contributed by atoms with Gasteiger partial charge in [0.25, 0.3) is 0 Å². The van der Waals surface area contributed by atoms with Gasteiger partial charge in [0.05, 0.1) is 18.5 Å². The van der Waals surface area contributed by atoms with Crippen molar-refractivity contribution in [2.24, 2.45) is 0 Å². The molecule has 0 amide bonds. The van der Waals surface area contributed by atoms with Crippen molar-refractivity contribution >= 4 is 11.8 Å². The molecule has 0 unspecified atom stereocenters. The van der Waals surface area contributed by atoms with Crippen LogP contribution >= 0.6 is 11.8 Å². The Labute approximate surface area is 135 Å². The van der Waals surface area contributed by atoms with Crippen molar-refractivity contribution in [2.75, 3.05) is 13.4 Å². The molecule has 2 aromatic carbocycles. The number of ether oxygens (including phenoxy) is 1. The number of hydrogen-bond acceptors (Lipinski definition) is 3. The van der Waals surface area contributed by atoms with Crippen LogP contribution in [0, 0.1) is 0 Å². The molecule has 0 N–H and O–H groups in total. The third-order valence-electron chi connectivity index (χ3n) is 3.49. The van der Waals surface area contributed by atoms with E-state index >= 15 is 0 Å². The van der Waals surface area contributed by atoms with E-state index in [1.165, 1.54) is 4.90 Å². The average Bonchev–Trinajstić information content (AvgIpc) is 2.62. The summed E-state index contributed by atoms with van der Waals surface area (Å²) < 4.78 is 5.22. The highest BCUT2D eigenvalue weighted by molar-refractivity contribution is 7.98. The molecule has 3 rings (SSSR count). The monoisotopic (exact) mass is 307 g/mol. The highest BCUT2D eigenvalue weighted by atomic mass is 32.2. The van der Waals surface area contributed by atoms with Gasteiger partial charge in [0, 0.05) is 16.0 Å². The molecule has 0 bridgehead atoms. The highest BCUT2D eigenvalue weighted by Crippen LogP contribution is 2.29. The summed E-state index contributed by atoms with van der Waals surface area (Å²) in [7, 11) is 1.68. The van der Waals surface area contributed by atoms with E-state index in [2.05, 4.69) is 30.5 Å². The minimum Gasteiger partial charge on any atom is -0.497 e. The van der Waals surface area contributed by atoms with E-state index in [0.29, 0.717) is 0 Å². The second kappa shape index (κ2) is 6.67. The summed E-state index contributed by atoms with van der Waals surface area (Å²) in [5, 5.41) is 0. The summed E-state index contributed by atoms with van der Waals surface area (Å²) in [4.78, 5) is 6.03. The predicted molar refractivity (Wildman–Crippen MR) is 93.4 cm³/mol. The number of aromatic nitrogens is 1. The third kappa shape index (κ3) is 3.15.